The Kier molecular flexibility index (Phi) is 11.3. The average molecular weight is 394 g/mol. The Balaban J connectivity index is 0.000000239. The van der Waals surface area contributed by atoms with Crippen LogP contribution in [0.2, 0.25) is 0 Å². The number of methoxy groups -OCH3 is 1. The van der Waals surface area contributed by atoms with Gasteiger partial charge in [0, 0.05) is 21.9 Å². The van der Waals surface area contributed by atoms with E-state index in [2.05, 4.69) is 59.0 Å². The van der Waals surface area contributed by atoms with Gasteiger partial charge in [-0.15, -0.1) is 11.3 Å². The lowest BCUT2D eigenvalue weighted by molar-refractivity contribution is 0.191. The molecule has 1 aromatic rings. The molecule has 0 aromatic carbocycles. The smallest absolute Gasteiger partial charge is 0.126 e. The monoisotopic (exact) mass is 393 g/mol. The maximum atomic E-state index is 5.44. The van der Waals surface area contributed by atoms with Gasteiger partial charge in [0.15, 0.2) is 0 Å². The fraction of sp³-hybridized carbons (Fsp3) is 0.750. The molecular formula is C24H43NOS. The van der Waals surface area contributed by atoms with Gasteiger partial charge in [0.05, 0.1) is 7.11 Å². The highest BCUT2D eigenvalue weighted by molar-refractivity contribution is 7.10. The molecule has 0 bridgehead atoms. The van der Waals surface area contributed by atoms with Crippen LogP contribution in [0.5, 0.6) is 0 Å². The van der Waals surface area contributed by atoms with Crippen molar-refractivity contribution in [1.29, 1.82) is 0 Å². The third kappa shape index (κ3) is 7.99. The second-order valence-corrected chi connectivity index (χ2v) is 9.30. The number of allylic oxidation sites excluding steroid dienone is 1. The number of hydrogen-bond acceptors (Lipinski definition) is 3. The first kappa shape index (κ1) is 24.2. The summed E-state index contributed by atoms with van der Waals surface area (Å²) in [6.07, 6.45) is 10.8. The van der Waals surface area contributed by atoms with Crippen LogP contribution in [0.3, 0.4) is 0 Å². The summed E-state index contributed by atoms with van der Waals surface area (Å²) in [7, 11) is 6.18. The van der Waals surface area contributed by atoms with Crippen LogP contribution >= 0.6 is 11.3 Å². The predicted molar refractivity (Wildman–Crippen MR) is 123 cm³/mol. The van der Waals surface area contributed by atoms with E-state index in [1.807, 2.05) is 0 Å². The maximum Gasteiger partial charge on any atom is 0.126 e. The summed E-state index contributed by atoms with van der Waals surface area (Å²) in [4.78, 5) is 3.78. The minimum atomic E-state index is 0.873. The van der Waals surface area contributed by atoms with Gasteiger partial charge in [0.1, 0.15) is 5.76 Å². The van der Waals surface area contributed by atoms with Crippen molar-refractivity contribution in [3.05, 3.63) is 27.0 Å². The van der Waals surface area contributed by atoms with E-state index in [9.17, 15) is 0 Å². The molecule has 2 nitrogen and oxygen atoms in total. The largest absolute Gasteiger partial charge is 0.496 e. The zero-order valence-electron chi connectivity index (χ0n) is 19.2. The van der Waals surface area contributed by atoms with Crippen molar-refractivity contribution in [2.24, 2.45) is 5.92 Å². The van der Waals surface area contributed by atoms with E-state index in [1.165, 1.54) is 72.9 Å². The summed E-state index contributed by atoms with van der Waals surface area (Å²) in [5.41, 5.74) is 4.15. The number of aryl methyl sites for hydroxylation is 1. The molecule has 0 spiro atoms. The first-order valence-electron chi connectivity index (χ1n) is 10.9. The lowest BCUT2D eigenvalue weighted by Gasteiger charge is -2.32. The molecule has 156 valence electrons. The van der Waals surface area contributed by atoms with Crippen LogP contribution in [-0.4, -0.2) is 32.1 Å². The van der Waals surface area contributed by atoms with E-state index in [4.69, 9.17) is 4.74 Å². The molecule has 0 radical (unpaired) electrons. The molecule has 1 heterocycles. The Bertz CT molecular complexity index is 559. The number of hydrogen-bond donors (Lipinski definition) is 0. The highest BCUT2D eigenvalue weighted by Gasteiger charge is 2.22. The molecule has 0 aliphatic heterocycles. The third-order valence-electron chi connectivity index (χ3n) is 5.68. The quantitative estimate of drug-likeness (QED) is 0.492. The van der Waals surface area contributed by atoms with Crippen LogP contribution in [0.15, 0.2) is 11.0 Å². The molecule has 0 atom stereocenters. The van der Waals surface area contributed by atoms with Gasteiger partial charge in [-0.3, -0.25) is 0 Å². The summed E-state index contributed by atoms with van der Waals surface area (Å²) in [5, 5.41) is 2.20. The summed E-state index contributed by atoms with van der Waals surface area (Å²) < 4.78 is 5.44. The first-order valence-corrected chi connectivity index (χ1v) is 11.7. The Hall–Kier alpha value is -0.800. The standard InChI is InChI=1S/C11H14OS.C10H21N.C3H8/c1-7-8(2)13-6-10(7)11(12-3)9-4-5-9;1-4-9-5-7-10(8-6-9)11(2)3;1-3-2/h6H,4-5H2,1-3H3;9-10H,4-8H2,1-3H3;3H2,1-2H3. The van der Waals surface area contributed by atoms with Crippen molar-refractivity contribution < 1.29 is 4.74 Å². The van der Waals surface area contributed by atoms with E-state index in [1.54, 1.807) is 18.4 Å². The number of nitrogens with zero attached hydrogens (tertiary/aromatic N) is 1. The number of thiophene rings is 1. The minimum absolute atomic E-state index is 0.873. The summed E-state index contributed by atoms with van der Waals surface area (Å²) >= 11 is 1.81. The predicted octanol–water partition coefficient (Wildman–Crippen LogP) is 7.45. The fourth-order valence-corrected chi connectivity index (χ4v) is 4.41. The van der Waals surface area contributed by atoms with Gasteiger partial charge < -0.3 is 9.64 Å². The number of rotatable bonds is 4. The van der Waals surface area contributed by atoms with E-state index >= 15 is 0 Å². The van der Waals surface area contributed by atoms with Gasteiger partial charge in [0.2, 0.25) is 0 Å². The molecular weight excluding hydrogens is 350 g/mol. The van der Waals surface area contributed by atoms with Gasteiger partial charge in [-0.05, 0) is 83.5 Å². The van der Waals surface area contributed by atoms with Crippen LogP contribution in [0.4, 0.5) is 0 Å². The van der Waals surface area contributed by atoms with Crippen molar-refractivity contribution in [1.82, 2.24) is 4.90 Å². The second kappa shape index (κ2) is 12.6. The lowest BCUT2D eigenvalue weighted by Crippen LogP contribution is -2.31. The molecule has 0 unspecified atom stereocenters. The third-order valence-corrected chi connectivity index (χ3v) is 6.69. The van der Waals surface area contributed by atoms with Gasteiger partial charge in [-0.1, -0.05) is 33.6 Å². The zero-order chi connectivity index (χ0) is 20.4. The van der Waals surface area contributed by atoms with Gasteiger partial charge >= 0.3 is 0 Å². The Morgan fingerprint density at radius 2 is 1.63 bits per heavy atom. The summed E-state index contributed by atoms with van der Waals surface area (Å²) in [6, 6.07) is 0.873. The van der Waals surface area contributed by atoms with E-state index in [0.717, 1.165) is 17.7 Å². The normalized spacial score (nSPS) is 21.0. The number of ether oxygens (including phenoxy) is 1. The molecule has 2 aliphatic carbocycles. The van der Waals surface area contributed by atoms with E-state index < -0.39 is 0 Å². The summed E-state index contributed by atoms with van der Waals surface area (Å²) in [6.45, 7) is 10.9. The molecule has 0 amide bonds. The maximum absolute atomic E-state index is 5.44. The van der Waals surface area contributed by atoms with Crippen molar-refractivity contribution in [2.75, 3.05) is 21.2 Å². The molecule has 0 N–H and O–H groups in total. The van der Waals surface area contributed by atoms with Crippen molar-refractivity contribution in [2.45, 2.75) is 92.0 Å². The Morgan fingerprint density at radius 1 is 1.07 bits per heavy atom. The molecule has 27 heavy (non-hydrogen) atoms. The molecule has 3 heteroatoms. The topological polar surface area (TPSA) is 12.5 Å². The Morgan fingerprint density at radius 3 is 1.96 bits per heavy atom. The van der Waals surface area contributed by atoms with Crippen LogP contribution in [-0.2, 0) is 4.74 Å². The van der Waals surface area contributed by atoms with Gasteiger partial charge in [-0.2, -0.15) is 0 Å². The second-order valence-electron chi connectivity index (χ2n) is 8.22. The van der Waals surface area contributed by atoms with Crippen molar-refractivity contribution in [3.8, 4) is 0 Å². The molecule has 2 aliphatic rings. The van der Waals surface area contributed by atoms with Gasteiger partial charge in [-0.25, -0.2) is 0 Å². The highest BCUT2D eigenvalue weighted by Crippen LogP contribution is 2.39. The van der Waals surface area contributed by atoms with Crippen molar-refractivity contribution >= 4 is 17.1 Å². The van der Waals surface area contributed by atoms with Crippen LogP contribution < -0.4 is 0 Å². The highest BCUT2D eigenvalue weighted by atomic mass is 32.1. The van der Waals surface area contributed by atoms with Crippen LogP contribution in [0.1, 0.15) is 88.1 Å². The molecule has 2 saturated carbocycles. The first-order chi connectivity index (χ1) is 12.9. The Labute approximate surface area is 173 Å². The van der Waals surface area contributed by atoms with E-state index in [-0.39, 0.29) is 0 Å². The lowest BCUT2D eigenvalue weighted by atomic mass is 9.84. The average Bonchev–Trinajstić information content (AvgIpc) is 3.45. The SMILES string of the molecule is CCC.CCC1CCC(N(C)C)CC1.COC(=C1CC1)c1csc(C)c1C. The van der Waals surface area contributed by atoms with E-state index in [0.29, 0.717) is 0 Å². The molecule has 2 fully saturated rings. The summed E-state index contributed by atoms with van der Waals surface area (Å²) in [5.74, 6) is 2.16. The van der Waals surface area contributed by atoms with Crippen molar-refractivity contribution in [3.63, 3.8) is 0 Å². The molecule has 0 saturated heterocycles. The van der Waals surface area contributed by atoms with Crippen LogP contribution in [0.25, 0.3) is 5.76 Å². The minimum Gasteiger partial charge on any atom is -0.496 e. The molecule has 1 aromatic heterocycles. The zero-order valence-corrected chi connectivity index (χ0v) is 20.0. The van der Waals surface area contributed by atoms with Gasteiger partial charge in [0.25, 0.3) is 0 Å². The fourth-order valence-electron chi connectivity index (χ4n) is 3.54. The van der Waals surface area contributed by atoms with Crippen LogP contribution in [0, 0.1) is 19.8 Å². The molecule has 3 rings (SSSR count).